The first-order chi connectivity index (χ1) is 4.70. The highest BCUT2D eigenvalue weighted by Crippen LogP contribution is 1.83. The van der Waals surface area contributed by atoms with E-state index in [2.05, 4.69) is 5.32 Å². The van der Waals surface area contributed by atoms with Crippen molar-refractivity contribution in [2.24, 2.45) is 0 Å². The van der Waals surface area contributed by atoms with Crippen LogP contribution in [0, 0.1) is 0 Å². The molecule has 10 heavy (non-hydrogen) atoms. The lowest BCUT2D eigenvalue weighted by atomic mass is 10.5. The van der Waals surface area contributed by atoms with Gasteiger partial charge in [0.1, 0.15) is 0 Å². The lowest BCUT2D eigenvalue weighted by molar-refractivity contribution is -0.111. The second-order valence-electron chi connectivity index (χ2n) is 1.93. The number of rotatable bonds is 4. The Bertz CT molecular complexity index is 152. The van der Waals surface area contributed by atoms with Crippen LogP contribution in [0.25, 0.3) is 0 Å². The molecule has 0 bridgehead atoms. The van der Waals surface area contributed by atoms with E-state index in [9.17, 15) is 9.59 Å². The Labute approximate surface area is 59.5 Å². The van der Waals surface area contributed by atoms with Crippen molar-refractivity contribution in [2.45, 2.75) is 0 Å². The van der Waals surface area contributed by atoms with E-state index in [1.54, 1.807) is 19.0 Å². The molecule has 4 nitrogen and oxygen atoms in total. The highest BCUT2D eigenvalue weighted by Gasteiger charge is 1.90. The molecule has 0 aliphatic carbocycles. The summed E-state index contributed by atoms with van der Waals surface area (Å²) in [5, 5.41) is 2.23. The highest BCUT2D eigenvalue weighted by molar-refractivity contribution is 5.76. The van der Waals surface area contributed by atoms with Gasteiger partial charge in [-0.2, -0.15) is 0 Å². The molecule has 0 saturated carbocycles. The van der Waals surface area contributed by atoms with E-state index < -0.39 is 0 Å². The summed E-state index contributed by atoms with van der Waals surface area (Å²) in [4.78, 5) is 21.6. The molecule has 0 aromatic rings. The van der Waals surface area contributed by atoms with Gasteiger partial charge in [-0.05, 0) is 0 Å². The van der Waals surface area contributed by atoms with Crippen LogP contribution in [-0.2, 0) is 9.59 Å². The third-order valence-electron chi connectivity index (χ3n) is 0.750. The van der Waals surface area contributed by atoms with Gasteiger partial charge in [-0.3, -0.25) is 9.59 Å². The molecule has 0 atom stereocenters. The van der Waals surface area contributed by atoms with E-state index in [0.717, 1.165) is 0 Å². The summed E-state index contributed by atoms with van der Waals surface area (Å²) in [6, 6.07) is 0. The summed E-state index contributed by atoms with van der Waals surface area (Å²) in [5.74, 6) is 0. The van der Waals surface area contributed by atoms with Crippen molar-refractivity contribution >= 4 is 12.7 Å². The van der Waals surface area contributed by atoms with Gasteiger partial charge >= 0.3 is 0 Å². The first-order valence-corrected chi connectivity index (χ1v) is 2.74. The number of allylic oxidation sites excluding steroid dienone is 1. The van der Waals surface area contributed by atoms with E-state index in [1.807, 2.05) is 0 Å². The molecule has 1 amide bonds. The summed E-state index contributed by atoms with van der Waals surface area (Å²) >= 11 is 0. The summed E-state index contributed by atoms with van der Waals surface area (Å²) in [5.41, 5.74) is 0.250. The highest BCUT2D eigenvalue weighted by atomic mass is 16.1. The fourth-order valence-corrected chi connectivity index (χ4v) is 0.448. The summed E-state index contributed by atoms with van der Waals surface area (Å²) in [6.45, 7) is 0. The SMILES string of the molecule is CN(C)/C=C(\C=O)NC=O. The molecule has 1 N–H and O–H groups in total. The monoisotopic (exact) mass is 142 g/mol. The Hall–Kier alpha value is -1.32. The molecule has 0 spiro atoms. The maximum atomic E-state index is 10.1. The Morgan fingerprint density at radius 3 is 2.30 bits per heavy atom. The van der Waals surface area contributed by atoms with Crippen LogP contribution in [0.15, 0.2) is 11.9 Å². The van der Waals surface area contributed by atoms with Crippen molar-refractivity contribution in [3.8, 4) is 0 Å². The van der Waals surface area contributed by atoms with Crippen molar-refractivity contribution in [3.63, 3.8) is 0 Å². The van der Waals surface area contributed by atoms with Crippen molar-refractivity contribution in [3.05, 3.63) is 11.9 Å². The van der Waals surface area contributed by atoms with Gasteiger partial charge in [-0.1, -0.05) is 0 Å². The van der Waals surface area contributed by atoms with Gasteiger partial charge in [0.05, 0.1) is 5.70 Å². The summed E-state index contributed by atoms with van der Waals surface area (Å²) in [6.07, 6.45) is 2.56. The predicted molar refractivity (Wildman–Crippen MR) is 37.0 cm³/mol. The molecule has 0 aromatic heterocycles. The lowest BCUT2D eigenvalue weighted by Crippen LogP contribution is -2.15. The standard InChI is InChI=1S/C6H10N2O2/c1-8(2)3-6(4-9)7-5-10/h3-5H,1-2H3,(H,7,10)/b6-3+. The molecule has 0 saturated heterocycles. The average Bonchev–Trinajstić information content (AvgIpc) is 1.86. The number of aldehydes is 1. The fourth-order valence-electron chi connectivity index (χ4n) is 0.448. The first kappa shape index (κ1) is 8.68. The van der Waals surface area contributed by atoms with Crippen molar-refractivity contribution in [1.29, 1.82) is 0 Å². The molecule has 0 aromatic carbocycles. The Morgan fingerprint density at radius 2 is 2.00 bits per heavy atom. The van der Waals surface area contributed by atoms with E-state index >= 15 is 0 Å². The number of carbonyl (C=O) groups excluding carboxylic acids is 2. The van der Waals surface area contributed by atoms with E-state index in [0.29, 0.717) is 12.7 Å². The van der Waals surface area contributed by atoms with Crippen LogP contribution in [0.2, 0.25) is 0 Å². The molecule has 0 fully saturated rings. The molecule has 0 aliphatic rings. The zero-order valence-electron chi connectivity index (χ0n) is 6.00. The number of hydrogen-bond acceptors (Lipinski definition) is 3. The maximum absolute atomic E-state index is 10.1. The minimum absolute atomic E-state index is 0.250. The van der Waals surface area contributed by atoms with Crippen molar-refractivity contribution in [1.82, 2.24) is 10.2 Å². The molecule has 0 radical (unpaired) electrons. The second kappa shape index (κ2) is 4.55. The van der Waals surface area contributed by atoms with Gasteiger partial charge in [0.25, 0.3) is 0 Å². The van der Waals surface area contributed by atoms with Gasteiger partial charge in [0.2, 0.25) is 6.41 Å². The lowest BCUT2D eigenvalue weighted by Gasteiger charge is -2.05. The number of nitrogens with zero attached hydrogens (tertiary/aromatic N) is 1. The minimum Gasteiger partial charge on any atom is -0.382 e. The molecule has 4 heteroatoms. The van der Waals surface area contributed by atoms with Gasteiger partial charge in [0, 0.05) is 20.3 Å². The molecule has 0 aliphatic heterocycles. The van der Waals surface area contributed by atoms with E-state index in [1.165, 1.54) is 6.20 Å². The Morgan fingerprint density at radius 1 is 1.40 bits per heavy atom. The normalized spacial score (nSPS) is 10.4. The maximum Gasteiger partial charge on any atom is 0.211 e. The third-order valence-corrected chi connectivity index (χ3v) is 0.750. The second-order valence-corrected chi connectivity index (χ2v) is 1.93. The van der Waals surface area contributed by atoms with Gasteiger partial charge < -0.3 is 10.2 Å². The predicted octanol–water partition coefficient (Wildman–Crippen LogP) is -0.666. The van der Waals surface area contributed by atoms with Crippen LogP contribution in [-0.4, -0.2) is 31.7 Å². The number of amides is 1. The topological polar surface area (TPSA) is 49.4 Å². The molecule has 56 valence electrons. The zero-order valence-corrected chi connectivity index (χ0v) is 6.00. The Kier molecular flexibility index (Phi) is 3.95. The molecule has 0 heterocycles. The van der Waals surface area contributed by atoms with Crippen LogP contribution in [0.1, 0.15) is 0 Å². The first-order valence-electron chi connectivity index (χ1n) is 2.74. The summed E-state index contributed by atoms with van der Waals surface area (Å²) in [7, 11) is 3.52. The number of carbonyl (C=O) groups is 2. The van der Waals surface area contributed by atoms with E-state index in [4.69, 9.17) is 0 Å². The van der Waals surface area contributed by atoms with Gasteiger partial charge in [-0.15, -0.1) is 0 Å². The van der Waals surface area contributed by atoms with Crippen LogP contribution in [0.5, 0.6) is 0 Å². The van der Waals surface area contributed by atoms with Crippen LogP contribution in [0.4, 0.5) is 0 Å². The largest absolute Gasteiger partial charge is 0.382 e. The molecule has 0 unspecified atom stereocenters. The number of nitrogens with one attached hydrogen (secondary N) is 1. The van der Waals surface area contributed by atoms with Gasteiger partial charge in [0.15, 0.2) is 6.29 Å². The van der Waals surface area contributed by atoms with E-state index in [-0.39, 0.29) is 5.70 Å². The Balaban J connectivity index is 4.02. The average molecular weight is 142 g/mol. The summed E-state index contributed by atoms with van der Waals surface area (Å²) < 4.78 is 0. The molecular weight excluding hydrogens is 132 g/mol. The molecule has 0 rings (SSSR count). The fraction of sp³-hybridized carbons (Fsp3) is 0.333. The van der Waals surface area contributed by atoms with Gasteiger partial charge in [-0.25, -0.2) is 0 Å². The molecular formula is C6H10N2O2. The van der Waals surface area contributed by atoms with Crippen molar-refractivity contribution < 1.29 is 9.59 Å². The van der Waals surface area contributed by atoms with Crippen LogP contribution >= 0.6 is 0 Å². The minimum atomic E-state index is 0.250. The van der Waals surface area contributed by atoms with Crippen molar-refractivity contribution in [2.75, 3.05) is 14.1 Å². The third kappa shape index (κ3) is 3.65. The zero-order chi connectivity index (χ0) is 7.98. The number of hydrogen-bond donors (Lipinski definition) is 1. The van der Waals surface area contributed by atoms with Crippen LogP contribution in [0.3, 0.4) is 0 Å². The smallest absolute Gasteiger partial charge is 0.211 e. The quantitative estimate of drug-likeness (QED) is 0.418. The van der Waals surface area contributed by atoms with Crippen LogP contribution < -0.4 is 5.32 Å².